The molecule has 1 N–H and O–H groups in total. The van der Waals surface area contributed by atoms with E-state index in [1.807, 2.05) is 43.3 Å². The standard InChI is InChI=1S/C16H16BrNO2/c1-11-4-3-5-14(15(11)17)16(19)18-10-12-6-8-13(20-2)9-7-12/h3-9H,10H2,1-2H3,(H,18,19). The molecule has 0 heterocycles. The number of aryl methyl sites for hydroxylation is 1. The first kappa shape index (κ1) is 14.6. The van der Waals surface area contributed by atoms with Crippen molar-refractivity contribution in [3.05, 3.63) is 63.6 Å². The van der Waals surface area contributed by atoms with Crippen LogP contribution >= 0.6 is 15.9 Å². The summed E-state index contributed by atoms with van der Waals surface area (Å²) in [5, 5.41) is 2.91. The fraction of sp³-hybridized carbons (Fsp3) is 0.188. The quantitative estimate of drug-likeness (QED) is 0.926. The third kappa shape index (κ3) is 3.39. The summed E-state index contributed by atoms with van der Waals surface area (Å²) < 4.78 is 5.94. The smallest absolute Gasteiger partial charge is 0.252 e. The highest BCUT2D eigenvalue weighted by molar-refractivity contribution is 9.10. The van der Waals surface area contributed by atoms with E-state index in [1.165, 1.54) is 0 Å². The summed E-state index contributed by atoms with van der Waals surface area (Å²) >= 11 is 3.45. The van der Waals surface area contributed by atoms with Crippen LogP contribution in [0.4, 0.5) is 0 Å². The minimum absolute atomic E-state index is 0.0867. The van der Waals surface area contributed by atoms with Crippen molar-refractivity contribution in [3.8, 4) is 5.75 Å². The molecule has 0 saturated heterocycles. The second kappa shape index (κ2) is 6.57. The van der Waals surface area contributed by atoms with E-state index >= 15 is 0 Å². The first-order valence-corrected chi connectivity index (χ1v) is 7.07. The van der Waals surface area contributed by atoms with Crippen LogP contribution in [0.1, 0.15) is 21.5 Å². The number of hydrogen-bond acceptors (Lipinski definition) is 2. The predicted octanol–water partition coefficient (Wildman–Crippen LogP) is 3.70. The molecule has 1 amide bonds. The second-order valence-electron chi connectivity index (χ2n) is 4.47. The number of amides is 1. The van der Waals surface area contributed by atoms with Gasteiger partial charge < -0.3 is 10.1 Å². The number of nitrogens with one attached hydrogen (secondary N) is 1. The van der Waals surface area contributed by atoms with E-state index in [9.17, 15) is 4.79 Å². The SMILES string of the molecule is COc1ccc(CNC(=O)c2cccc(C)c2Br)cc1. The van der Waals surface area contributed by atoms with Gasteiger partial charge in [0.25, 0.3) is 5.91 Å². The molecule has 0 aliphatic heterocycles. The molecular formula is C16H16BrNO2. The zero-order chi connectivity index (χ0) is 14.5. The minimum atomic E-state index is -0.0867. The van der Waals surface area contributed by atoms with Gasteiger partial charge in [0.2, 0.25) is 0 Å². The highest BCUT2D eigenvalue weighted by Gasteiger charge is 2.10. The van der Waals surface area contributed by atoms with Gasteiger partial charge in [0, 0.05) is 11.0 Å². The van der Waals surface area contributed by atoms with Crippen LogP contribution in [0, 0.1) is 6.92 Å². The molecule has 0 atom stereocenters. The number of benzene rings is 2. The van der Waals surface area contributed by atoms with Gasteiger partial charge in [0.15, 0.2) is 0 Å². The number of hydrogen-bond donors (Lipinski definition) is 1. The lowest BCUT2D eigenvalue weighted by Gasteiger charge is -2.09. The molecule has 3 nitrogen and oxygen atoms in total. The summed E-state index contributed by atoms with van der Waals surface area (Å²) in [6.45, 7) is 2.45. The van der Waals surface area contributed by atoms with Crippen molar-refractivity contribution in [3.63, 3.8) is 0 Å². The monoisotopic (exact) mass is 333 g/mol. The zero-order valence-electron chi connectivity index (χ0n) is 11.4. The van der Waals surface area contributed by atoms with Gasteiger partial charge in [-0.05, 0) is 52.2 Å². The van der Waals surface area contributed by atoms with E-state index in [0.29, 0.717) is 12.1 Å². The van der Waals surface area contributed by atoms with E-state index in [4.69, 9.17) is 4.74 Å². The summed E-state index contributed by atoms with van der Waals surface area (Å²) in [5.74, 6) is 0.720. The Morgan fingerprint density at radius 2 is 1.90 bits per heavy atom. The van der Waals surface area contributed by atoms with E-state index in [-0.39, 0.29) is 5.91 Å². The predicted molar refractivity (Wildman–Crippen MR) is 83.0 cm³/mol. The van der Waals surface area contributed by atoms with E-state index in [0.717, 1.165) is 21.3 Å². The highest BCUT2D eigenvalue weighted by atomic mass is 79.9. The normalized spacial score (nSPS) is 10.2. The van der Waals surface area contributed by atoms with Crippen LogP contribution in [-0.4, -0.2) is 13.0 Å². The van der Waals surface area contributed by atoms with Crippen LogP contribution in [0.3, 0.4) is 0 Å². The Bertz CT molecular complexity index is 608. The summed E-state index contributed by atoms with van der Waals surface area (Å²) in [6.07, 6.45) is 0. The second-order valence-corrected chi connectivity index (χ2v) is 5.26. The highest BCUT2D eigenvalue weighted by Crippen LogP contribution is 2.21. The van der Waals surface area contributed by atoms with Crippen LogP contribution in [0.25, 0.3) is 0 Å². The molecule has 0 aliphatic carbocycles. The van der Waals surface area contributed by atoms with Gasteiger partial charge in [0.1, 0.15) is 5.75 Å². The van der Waals surface area contributed by atoms with Gasteiger partial charge in [-0.3, -0.25) is 4.79 Å². The van der Waals surface area contributed by atoms with Crippen molar-refractivity contribution in [2.75, 3.05) is 7.11 Å². The molecule has 0 fully saturated rings. The fourth-order valence-electron chi connectivity index (χ4n) is 1.84. The molecule has 0 aliphatic rings. The molecule has 0 saturated carbocycles. The Morgan fingerprint density at radius 3 is 2.55 bits per heavy atom. The van der Waals surface area contributed by atoms with Crippen molar-refractivity contribution < 1.29 is 9.53 Å². The van der Waals surface area contributed by atoms with Gasteiger partial charge >= 0.3 is 0 Å². The number of carbonyl (C=O) groups excluding carboxylic acids is 1. The van der Waals surface area contributed by atoms with E-state index < -0.39 is 0 Å². The molecule has 0 bridgehead atoms. The molecular weight excluding hydrogens is 318 g/mol. The molecule has 4 heteroatoms. The first-order valence-electron chi connectivity index (χ1n) is 6.28. The summed E-state index contributed by atoms with van der Waals surface area (Å²) in [7, 11) is 1.63. The van der Waals surface area contributed by atoms with Crippen molar-refractivity contribution >= 4 is 21.8 Å². The number of halogens is 1. The van der Waals surface area contributed by atoms with Crippen molar-refractivity contribution in [2.45, 2.75) is 13.5 Å². The maximum atomic E-state index is 12.1. The Labute approximate surface area is 127 Å². The summed E-state index contributed by atoms with van der Waals surface area (Å²) in [5.41, 5.74) is 2.73. The van der Waals surface area contributed by atoms with Crippen molar-refractivity contribution in [1.82, 2.24) is 5.32 Å². The Hall–Kier alpha value is -1.81. The molecule has 0 aromatic heterocycles. The number of methoxy groups -OCH3 is 1. The third-order valence-electron chi connectivity index (χ3n) is 3.05. The van der Waals surface area contributed by atoms with Crippen LogP contribution in [0.2, 0.25) is 0 Å². The number of rotatable bonds is 4. The molecule has 2 aromatic rings. The fourth-order valence-corrected chi connectivity index (χ4v) is 2.29. The number of carbonyl (C=O) groups is 1. The maximum Gasteiger partial charge on any atom is 0.252 e. The van der Waals surface area contributed by atoms with Gasteiger partial charge in [-0.2, -0.15) is 0 Å². The lowest BCUT2D eigenvalue weighted by molar-refractivity contribution is 0.0950. The first-order chi connectivity index (χ1) is 9.61. The minimum Gasteiger partial charge on any atom is -0.497 e. The van der Waals surface area contributed by atoms with Gasteiger partial charge in [-0.1, -0.05) is 24.3 Å². The Balaban J connectivity index is 2.02. The van der Waals surface area contributed by atoms with Crippen LogP contribution in [0.5, 0.6) is 5.75 Å². The molecule has 0 unspecified atom stereocenters. The topological polar surface area (TPSA) is 38.3 Å². The molecule has 104 valence electrons. The van der Waals surface area contributed by atoms with Crippen LogP contribution in [-0.2, 0) is 6.54 Å². The van der Waals surface area contributed by atoms with E-state index in [1.54, 1.807) is 13.2 Å². The van der Waals surface area contributed by atoms with Crippen LogP contribution in [0.15, 0.2) is 46.9 Å². The molecule has 0 spiro atoms. The summed E-state index contributed by atoms with van der Waals surface area (Å²) in [6, 6.07) is 13.3. The van der Waals surface area contributed by atoms with Crippen molar-refractivity contribution in [2.24, 2.45) is 0 Å². The lowest BCUT2D eigenvalue weighted by Crippen LogP contribution is -2.23. The average molecular weight is 334 g/mol. The van der Waals surface area contributed by atoms with Crippen molar-refractivity contribution in [1.29, 1.82) is 0 Å². The van der Waals surface area contributed by atoms with Gasteiger partial charge in [-0.25, -0.2) is 0 Å². The number of ether oxygens (including phenoxy) is 1. The largest absolute Gasteiger partial charge is 0.497 e. The van der Waals surface area contributed by atoms with E-state index in [2.05, 4.69) is 21.2 Å². The molecule has 20 heavy (non-hydrogen) atoms. The third-order valence-corrected chi connectivity index (χ3v) is 4.10. The Kier molecular flexibility index (Phi) is 4.79. The zero-order valence-corrected chi connectivity index (χ0v) is 13.0. The van der Waals surface area contributed by atoms with Gasteiger partial charge in [0.05, 0.1) is 12.7 Å². The van der Waals surface area contributed by atoms with Gasteiger partial charge in [-0.15, -0.1) is 0 Å². The Morgan fingerprint density at radius 1 is 1.20 bits per heavy atom. The summed E-state index contributed by atoms with van der Waals surface area (Å²) in [4.78, 5) is 12.1. The van der Waals surface area contributed by atoms with Crippen LogP contribution < -0.4 is 10.1 Å². The molecule has 2 aromatic carbocycles. The lowest BCUT2D eigenvalue weighted by atomic mass is 10.1. The molecule has 0 radical (unpaired) electrons. The molecule has 2 rings (SSSR count). The average Bonchev–Trinajstić information content (AvgIpc) is 2.48. The maximum absolute atomic E-state index is 12.1.